The molecule has 0 bridgehead atoms. The van der Waals surface area contributed by atoms with E-state index >= 15 is 0 Å². The average molecular weight is 521 g/mol. The number of carbonyl (C=O) groups excluding carboxylic acids is 3. The molecule has 36 heavy (non-hydrogen) atoms. The van der Waals surface area contributed by atoms with Crippen LogP contribution < -0.4 is 16.0 Å². The predicted molar refractivity (Wildman–Crippen MR) is 127 cm³/mol. The van der Waals surface area contributed by atoms with Gasteiger partial charge in [0.05, 0.1) is 40.0 Å². The molecule has 3 N–H and O–H groups in total. The lowest BCUT2D eigenvalue weighted by atomic mass is 9.96. The van der Waals surface area contributed by atoms with Crippen molar-refractivity contribution >= 4 is 41.0 Å². The zero-order valence-corrected chi connectivity index (χ0v) is 19.9. The minimum Gasteiger partial charge on any atom is -0.323 e. The van der Waals surface area contributed by atoms with Crippen LogP contribution >= 0.6 is 11.8 Å². The first-order chi connectivity index (χ1) is 17.1. The summed E-state index contributed by atoms with van der Waals surface area (Å²) >= 11 is 1.08. The summed E-state index contributed by atoms with van der Waals surface area (Å²) in [7, 11) is 2.91. The van der Waals surface area contributed by atoms with E-state index < -0.39 is 58.0 Å². The number of urea groups is 1. The molecule has 2 saturated heterocycles. The molecule has 14 heteroatoms. The largest absolute Gasteiger partial charge is 0.327 e. The number of fused-ring (bicyclic) bond motifs is 1. The maximum absolute atomic E-state index is 13.9. The van der Waals surface area contributed by atoms with Crippen LogP contribution in [0.25, 0.3) is 0 Å². The summed E-state index contributed by atoms with van der Waals surface area (Å²) in [6.07, 6.45) is -1.33. The predicted octanol–water partition coefficient (Wildman–Crippen LogP) is 2.23. The first-order valence-corrected chi connectivity index (χ1v) is 11.8. The minimum absolute atomic E-state index is 0.0928. The number of amides is 4. The summed E-state index contributed by atoms with van der Waals surface area (Å²) in [5, 5.41) is 19.1. The van der Waals surface area contributed by atoms with Crippen molar-refractivity contribution in [2.75, 3.05) is 25.2 Å². The van der Waals surface area contributed by atoms with E-state index in [4.69, 9.17) is 0 Å². The number of non-ortho nitro benzene ring substituents is 1. The molecule has 11 nitrogen and oxygen atoms in total. The Kier molecular flexibility index (Phi) is 7.19. The molecule has 2 aliphatic heterocycles. The van der Waals surface area contributed by atoms with Gasteiger partial charge in [-0.2, -0.15) is 0 Å². The number of imide groups is 1. The van der Waals surface area contributed by atoms with E-state index in [0.717, 1.165) is 28.8 Å². The van der Waals surface area contributed by atoms with E-state index in [-0.39, 0.29) is 17.1 Å². The first-order valence-electron chi connectivity index (χ1n) is 10.7. The number of nitro benzene ring substituents is 1. The molecule has 4 rings (SSSR count). The third-order valence-electron chi connectivity index (χ3n) is 5.99. The van der Waals surface area contributed by atoms with Crippen LogP contribution in [-0.4, -0.2) is 64.0 Å². The van der Waals surface area contributed by atoms with Gasteiger partial charge in [0.25, 0.3) is 5.69 Å². The molecule has 0 aliphatic carbocycles. The van der Waals surface area contributed by atoms with Crippen LogP contribution in [-0.2, 0) is 9.59 Å². The van der Waals surface area contributed by atoms with Crippen LogP contribution in [0.3, 0.4) is 0 Å². The molecule has 0 spiro atoms. The number of halogens is 2. The van der Waals surface area contributed by atoms with Crippen molar-refractivity contribution in [3.63, 3.8) is 0 Å². The Morgan fingerprint density at radius 1 is 1.14 bits per heavy atom. The van der Waals surface area contributed by atoms with Gasteiger partial charge >= 0.3 is 6.03 Å². The molecule has 190 valence electrons. The van der Waals surface area contributed by atoms with Crippen molar-refractivity contribution in [1.29, 1.82) is 0 Å². The summed E-state index contributed by atoms with van der Waals surface area (Å²) in [4.78, 5) is 50.9. The quantitative estimate of drug-likeness (QED) is 0.390. The Morgan fingerprint density at radius 2 is 1.83 bits per heavy atom. The number of benzene rings is 2. The molecular weight excluding hydrogens is 498 g/mol. The summed E-state index contributed by atoms with van der Waals surface area (Å²) in [6, 6.07) is 8.05. The maximum atomic E-state index is 13.9. The van der Waals surface area contributed by atoms with Crippen molar-refractivity contribution in [3.8, 4) is 0 Å². The number of hydrogen-bond acceptors (Lipinski definition) is 8. The van der Waals surface area contributed by atoms with Crippen LogP contribution in [0.4, 0.5) is 25.0 Å². The minimum atomic E-state index is -0.920. The fourth-order valence-corrected chi connectivity index (χ4v) is 5.23. The number of nitrogens with zero attached hydrogens (tertiary/aromatic N) is 3. The van der Waals surface area contributed by atoms with E-state index in [0.29, 0.717) is 11.6 Å². The maximum Gasteiger partial charge on any atom is 0.327 e. The van der Waals surface area contributed by atoms with Gasteiger partial charge in [-0.25, -0.2) is 13.6 Å². The van der Waals surface area contributed by atoms with Crippen molar-refractivity contribution in [1.82, 2.24) is 20.4 Å². The van der Waals surface area contributed by atoms with Gasteiger partial charge in [-0.3, -0.25) is 35.2 Å². The van der Waals surface area contributed by atoms with Gasteiger partial charge in [0.15, 0.2) is 0 Å². The van der Waals surface area contributed by atoms with Crippen LogP contribution in [0.1, 0.15) is 11.7 Å². The van der Waals surface area contributed by atoms with Gasteiger partial charge in [0.1, 0.15) is 11.6 Å². The summed E-state index contributed by atoms with van der Waals surface area (Å²) in [6.45, 7) is 0. The molecule has 2 aliphatic rings. The third-order valence-corrected chi connectivity index (χ3v) is 7.21. The third kappa shape index (κ3) is 5.01. The van der Waals surface area contributed by atoms with Crippen LogP contribution in [0, 0.1) is 27.7 Å². The highest BCUT2D eigenvalue weighted by Gasteiger charge is 2.51. The topological polar surface area (TPSA) is 137 Å². The zero-order chi connectivity index (χ0) is 26.1. The number of hydrogen-bond donors (Lipinski definition) is 3. The molecule has 0 saturated carbocycles. The highest BCUT2D eigenvalue weighted by atomic mass is 32.2. The molecule has 2 fully saturated rings. The Bertz CT molecular complexity index is 1220. The highest BCUT2D eigenvalue weighted by Crippen LogP contribution is 2.34. The summed E-state index contributed by atoms with van der Waals surface area (Å²) < 4.78 is 27.0. The molecule has 2 heterocycles. The number of nitro groups is 1. The Balaban J connectivity index is 1.54. The Morgan fingerprint density at radius 3 is 2.47 bits per heavy atom. The van der Waals surface area contributed by atoms with Crippen molar-refractivity contribution in [2.24, 2.45) is 5.92 Å². The van der Waals surface area contributed by atoms with Gasteiger partial charge < -0.3 is 10.2 Å². The van der Waals surface area contributed by atoms with Gasteiger partial charge in [-0.1, -0.05) is 0 Å². The zero-order valence-electron chi connectivity index (χ0n) is 19.1. The second kappa shape index (κ2) is 10.2. The lowest BCUT2D eigenvalue weighted by Crippen LogP contribution is -2.72. The van der Waals surface area contributed by atoms with Crippen molar-refractivity contribution < 1.29 is 28.1 Å². The molecule has 2 aromatic carbocycles. The smallest absolute Gasteiger partial charge is 0.323 e. The molecular formula is C22H22F2N6O5S. The molecule has 4 unspecified atom stereocenters. The Labute approximate surface area is 208 Å². The van der Waals surface area contributed by atoms with E-state index in [2.05, 4.69) is 16.0 Å². The lowest BCUT2D eigenvalue weighted by molar-refractivity contribution is -0.384. The van der Waals surface area contributed by atoms with Gasteiger partial charge in [-0.15, -0.1) is 11.8 Å². The van der Waals surface area contributed by atoms with E-state index in [9.17, 15) is 33.3 Å². The molecule has 4 atom stereocenters. The lowest BCUT2D eigenvalue weighted by Gasteiger charge is -2.50. The van der Waals surface area contributed by atoms with E-state index in [1.165, 1.54) is 24.1 Å². The number of rotatable bonds is 6. The van der Waals surface area contributed by atoms with Crippen molar-refractivity contribution in [2.45, 2.75) is 17.7 Å². The normalized spacial score (nSPS) is 23.9. The fourth-order valence-electron chi connectivity index (χ4n) is 4.12. The summed E-state index contributed by atoms with van der Waals surface area (Å²) in [5.74, 6) is -3.67. The number of carbonyl (C=O) groups is 3. The second-order valence-corrected chi connectivity index (χ2v) is 9.41. The molecule has 0 radical (unpaired) electrons. The number of anilines is 1. The Hall–Kier alpha value is -3.62. The van der Waals surface area contributed by atoms with E-state index in [1.807, 2.05) is 0 Å². The average Bonchev–Trinajstić information content (AvgIpc) is 2.86. The SMILES string of the molecule is CN1C(=O)C2C(SCC(=O)Nc3ccc(F)cc3F)NC(c3ccc([N+](=O)[O-])cc3)NC2N(C)C1=O. The first kappa shape index (κ1) is 25.5. The molecule has 0 aromatic heterocycles. The van der Waals surface area contributed by atoms with Gasteiger partial charge in [-0.05, 0) is 29.8 Å². The van der Waals surface area contributed by atoms with Gasteiger partial charge in [0.2, 0.25) is 11.8 Å². The van der Waals surface area contributed by atoms with E-state index in [1.54, 1.807) is 19.2 Å². The van der Waals surface area contributed by atoms with Crippen LogP contribution in [0.2, 0.25) is 0 Å². The number of thioether (sulfide) groups is 1. The van der Waals surface area contributed by atoms with Crippen molar-refractivity contribution in [3.05, 3.63) is 69.8 Å². The molecule has 2 aromatic rings. The van der Waals surface area contributed by atoms with Gasteiger partial charge in [0, 0.05) is 32.3 Å². The summed E-state index contributed by atoms with van der Waals surface area (Å²) in [5.41, 5.74) is 0.347. The fraction of sp³-hybridized carbons (Fsp3) is 0.318. The standard InChI is InChI=1S/C22H22F2N6O5S/c1-28-19-17(21(32)29(2)22(28)33)20(27-18(26-19)11-3-6-13(7-4-11)30(34)35)36-10-16(31)25-15-8-5-12(23)9-14(15)24/h3-9,17-20,26-27H,10H2,1-2H3,(H,25,31). The van der Waals surface area contributed by atoms with Crippen LogP contribution in [0.5, 0.6) is 0 Å². The second-order valence-electron chi connectivity index (χ2n) is 8.28. The molecule has 4 amide bonds. The van der Waals surface area contributed by atoms with Crippen LogP contribution in [0.15, 0.2) is 42.5 Å². The highest BCUT2D eigenvalue weighted by molar-refractivity contribution is 8.00. The monoisotopic (exact) mass is 520 g/mol. The number of nitrogens with one attached hydrogen (secondary N) is 3.